The summed E-state index contributed by atoms with van der Waals surface area (Å²) in [5.74, 6) is 1.17. The first-order chi connectivity index (χ1) is 13.0. The Labute approximate surface area is 163 Å². The van der Waals surface area contributed by atoms with Crippen molar-refractivity contribution in [3.63, 3.8) is 0 Å². The van der Waals surface area contributed by atoms with E-state index in [2.05, 4.69) is 17.1 Å². The van der Waals surface area contributed by atoms with Gasteiger partial charge in [0.05, 0.1) is 5.25 Å². The quantitative estimate of drug-likeness (QED) is 0.408. The molecule has 0 saturated heterocycles. The first kappa shape index (κ1) is 19.2. The maximum atomic E-state index is 12.6. The van der Waals surface area contributed by atoms with Crippen LogP contribution in [0.3, 0.4) is 0 Å². The van der Waals surface area contributed by atoms with Crippen LogP contribution in [0.25, 0.3) is 0 Å². The summed E-state index contributed by atoms with van der Waals surface area (Å²) < 4.78 is 11.2. The van der Waals surface area contributed by atoms with Crippen molar-refractivity contribution in [2.45, 2.75) is 44.3 Å². The van der Waals surface area contributed by atoms with Crippen LogP contribution in [0.15, 0.2) is 58.2 Å². The molecule has 3 rings (SSSR count). The van der Waals surface area contributed by atoms with E-state index in [1.807, 2.05) is 62.4 Å². The molecule has 140 valence electrons. The normalized spacial score (nSPS) is 12.0. The van der Waals surface area contributed by atoms with Crippen molar-refractivity contribution in [1.29, 1.82) is 0 Å². The van der Waals surface area contributed by atoms with Gasteiger partial charge in [0.2, 0.25) is 0 Å². The molecule has 1 atom stereocenters. The maximum Gasteiger partial charge on any atom is 0.277 e. The summed E-state index contributed by atoms with van der Waals surface area (Å²) in [4.78, 5) is 12.6. The smallest absolute Gasteiger partial charge is 0.277 e. The van der Waals surface area contributed by atoms with Crippen molar-refractivity contribution in [3.8, 4) is 5.75 Å². The Kier molecular flexibility index (Phi) is 6.29. The van der Waals surface area contributed by atoms with E-state index in [9.17, 15) is 4.79 Å². The van der Waals surface area contributed by atoms with Crippen molar-refractivity contribution in [1.82, 2.24) is 10.2 Å². The maximum absolute atomic E-state index is 12.6. The van der Waals surface area contributed by atoms with Crippen LogP contribution < -0.4 is 4.74 Å². The Bertz CT molecular complexity index is 906. The number of hydrogen-bond acceptors (Lipinski definition) is 6. The summed E-state index contributed by atoms with van der Waals surface area (Å²) in [5, 5.41) is 8.04. The lowest BCUT2D eigenvalue weighted by Crippen LogP contribution is -2.13. The van der Waals surface area contributed by atoms with Gasteiger partial charge in [-0.2, -0.15) is 0 Å². The number of hydrogen-bond donors (Lipinski definition) is 0. The van der Waals surface area contributed by atoms with E-state index in [4.69, 9.17) is 9.15 Å². The number of Topliss-reactive ketones (excluding diaryl/α,β-unsaturated/α-hetero) is 1. The lowest BCUT2D eigenvalue weighted by molar-refractivity contribution is 0.0993. The third-order valence-corrected chi connectivity index (χ3v) is 5.03. The minimum Gasteiger partial charge on any atom is -0.484 e. The first-order valence-corrected chi connectivity index (χ1v) is 9.74. The summed E-state index contributed by atoms with van der Waals surface area (Å²) in [7, 11) is 0. The molecular formula is C21H22N2O3S. The van der Waals surface area contributed by atoms with Gasteiger partial charge < -0.3 is 9.15 Å². The molecule has 0 radical (unpaired) electrons. The number of aromatic nitrogens is 2. The number of ketones is 1. The number of ether oxygens (including phenoxy) is 1. The van der Waals surface area contributed by atoms with Crippen LogP contribution in [0.4, 0.5) is 0 Å². The molecule has 0 bridgehead atoms. The summed E-state index contributed by atoms with van der Waals surface area (Å²) in [6, 6.07) is 15.5. The second-order valence-electron chi connectivity index (χ2n) is 6.24. The number of carbonyl (C=O) groups is 1. The molecule has 0 saturated carbocycles. The predicted octanol–water partition coefficient (Wildman–Crippen LogP) is 4.88. The number of nitrogens with zero attached hydrogens (tertiary/aromatic N) is 2. The summed E-state index contributed by atoms with van der Waals surface area (Å²) in [5.41, 5.74) is 3.02. The van der Waals surface area contributed by atoms with Crippen molar-refractivity contribution in [2.24, 2.45) is 0 Å². The van der Waals surface area contributed by atoms with Gasteiger partial charge in [-0.05, 0) is 43.5 Å². The third-order valence-electron chi connectivity index (χ3n) is 4.09. The molecule has 1 heterocycles. The van der Waals surface area contributed by atoms with Gasteiger partial charge >= 0.3 is 0 Å². The molecule has 1 aromatic heterocycles. The van der Waals surface area contributed by atoms with Crippen LogP contribution in [0.2, 0.25) is 0 Å². The van der Waals surface area contributed by atoms with E-state index in [1.165, 1.54) is 17.3 Å². The molecule has 0 aliphatic heterocycles. The molecule has 27 heavy (non-hydrogen) atoms. The number of rotatable bonds is 8. The van der Waals surface area contributed by atoms with Crippen LogP contribution in [-0.4, -0.2) is 21.2 Å². The Hall–Kier alpha value is -2.60. The van der Waals surface area contributed by atoms with Crippen LogP contribution in [0, 0.1) is 6.92 Å². The minimum absolute atomic E-state index is 0.0402. The molecule has 0 aliphatic carbocycles. The van der Waals surface area contributed by atoms with E-state index < -0.39 is 0 Å². The standard InChI is InChI=1S/C21H22N2O3S/c1-4-16-8-10-17(11-9-16)20(24)15(3)27-21-23-22-19(26-21)13-25-18-7-5-6-14(2)12-18/h5-12,15H,4,13H2,1-3H3. The zero-order chi connectivity index (χ0) is 19.2. The highest BCUT2D eigenvalue weighted by molar-refractivity contribution is 8.00. The van der Waals surface area contributed by atoms with E-state index in [0.29, 0.717) is 16.7 Å². The zero-order valence-corrected chi connectivity index (χ0v) is 16.5. The van der Waals surface area contributed by atoms with Crippen molar-refractivity contribution in [2.75, 3.05) is 0 Å². The Balaban J connectivity index is 1.56. The molecule has 0 amide bonds. The molecule has 2 aromatic carbocycles. The van der Waals surface area contributed by atoms with Gasteiger partial charge in [-0.25, -0.2) is 0 Å². The molecule has 6 heteroatoms. The highest BCUT2D eigenvalue weighted by atomic mass is 32.2. The zero-order valence-electron chi connectivity index (χ0n) is 15.6. The fraction of sp³-hybridized carbons (Fsp3) is 0.286. The SMILES string of the molecule is CCc1ccc(C(=O)C(C)Sc2nnc(COc3cccc(C)c3)o2)cc1. The topological polar surface area (TPSA) is 65.2 Å². The van der Waals surface area contributed by atoms with Crippen molar-refractivity contribution < 1.29 is 13.9 Å². The fourth-order valence-electron chi connectivity index (χ4n) is 2.54. The lowest BCUT2D eigenvalue weighted by atomic mass is 10.1. The summed E-state index contributed by atoms with van der Waals surface area (Å²) >= 11 is 1.26. The number of benzene rings is 2. The van der Waals surface area contributed by atoms with E-state index in [-0.39, 0.29) is 17.6 Å². The molecule has 5 nitrogen and oxygen atoms in total. The van der Waals surface area contributed by atoms with Crippen molar-refractivity contribution >= 4 is 17.5 Å². The number of aryl methyl sites for hydroxylation is 2. The largest absolute Gasteiger partial charge is 0.484 e. The average molecular weight is 382 g/mol. The van der Waals surface area contributed by atoms with Gasteiger partial charge in [-0.15, -0.1) is 10.2 Å². The second-order valence-corrected chi connectivity index (χ2v) is 7.53. The Morgan fingerprint density at radius 1 is 1.19 bits per heavy atom. The van der Waals surface area contributed by atoms with Gasteiger partial charge in [0.1, 0.15) is 5.75 Å². The molecular weight excluding hydrogens is 360 g/mol. The fourth-order valence-corrected chi connectivity index (χ4v) is 3.32. The second kappa shape index (κ2) is 8.86. The van der Waals surface area contributed by atoms with Crippen LogP contribution >= 0.6 is 11.8 Å². The minimum atomic E-state index is -0.316. The van der Waals surface area contributed by atoms with Crippen LogP contribution in [-0.2, 0) is 13.0 Å². The summed E-state index contributed by atoms with van der Waals surface area (Å²) in [6.45, 7) is 6.12. The molecule has 0 fully saturated rings. The highest BCUT2D eigenvalue weighted by Gasteiger charge is 2.20. The number of thioether (sulfide) groups is 1. The first-order valence-electron chi connectivity index (χ1n) is 8.87. The molecule has 0 spiro atoms. The van der Waals surface area contributed by atoms with Gasteiger partial charge in [0, 0.05) is 5.56 Å². The molecule has 3 aromatic rings. The Morgan fingerprint density at radius 3 is 2.67 bits per heavy atom. The monoisotopic (exact) mass is 382 g/mol. The van der Waals surface area contributed by atoms with Gasteiger partial charge in [-0.3, -0.25) is 4.79 Å². The molecule has 0 aliphatic rings. The summed E-state index contributed by atoms with van der Waals surface area (Å²) in [6.07, 6.45) is 0.953. The van der Waals surface area contributed by atoms with Crippen molar-refractivity contribution in [3.05, 3.63) is 71.1 Å². The van der Waals surface area contributed by atoms with Crippen LogP contribution in [0.1, 0.15) is 41.2 Å². The molecule has 0 N–H and O–H groups in total. The Morgan fingerprint density at radius 2 is 1.96 bits per heavy atom. The lowest BCUT2D eigenvalue weighted by Gasteiger charge is -2.08. The van der Waals surface area contributed by atoms with E-state index in [1.54, 1.807) is 0 Å². The van der Waals surface area contributed by atoms with Gasteiger partial charge in [0.25, 0.3) is 11.1 Å². The van der Waals surface area contributed by atoms with E-state index in [0.717, 1.165) is 17.7 Å². The highest BCUT2D eigenvalue weighted by Crippen LogP contribution is 2.25. The van der Waals surface area contributed by atoms with E-state index >= 15 is 0 Å². The predicted molar refractivity (Wildman–Crippen MR) is 105 cm³/mol. The van der Waals surface area contributed by atoms with Gasteiger partial charge in [-0.1, -0.05) is 55.1 Å². The molecule has 1 unspecified atom stereocenters. The third kappa shape index (κ3) is 5.20. The van der Waals surface area contributed by atoms with Crippen LogP contribution in [0.5, 0.6) is 5.75 Å². The van der Waals surface area contributed by atoms with Gasteiger partial charge in [0.15, 0.2) is 12.4 Å². The average Bonchev–Trinajstić information content (AvgIpc) is 3.13. The number of carbonyl (C=O) groups excluding carboxylic acids is 1.